The molecule has 1 fully saturated rings. The number of aliphatic hydroxyl groups excluding tert-OH is 6. The molecule has 0 aromatic heterocycles. The maximum absolute atomic E-state index is 12.2. The molecule has 9 atom stereocenters. The fraction of sp³-hybridized carbons (Fsp3) is 0.971. The number of ether oxygens (including phenoxy) is 2. The largest absolute Gasteiger partial charge is 0.395 e. The number of unbranched alkanes of at least 4 members (excludes halogenated alkanes) is 15. The first kappa shape index (κ1) is 42.3. The summed E-state index contributed by atoms with van der Waals surface area (Å²) in [6.45, 7) is 0.986. The number of rotatable bonds is 29. The average Bonchev–Trinajstić information content (AvgIpc) is 3.03. The van der Waals surface area contributed by atoms with Crippen LogP contribution in [0, 0.1) is 0 Å². The van der Waals surface area contributed by atoms with Crippen molar-refractivity contribution in [3.8, 4) is 0 Å². The quantitative estimate of drug-likeness (QED) is 0.0553. The SMILES string of the molecule is CC(N)C(O)CCCCCCCCCCCCCCC(=O)CCCCCCCC(OC1OC(CO)C(O)C(O)C1O)C(N)CO. The van der Waals surface area contributed by atoms with Gasteiger partial charge in [-0.2, -0.15) is 0 Å². The Balaban J connectivity index is 2.00. The van der Waals surface area contributed by atoms with E-state index in [1.807, 2.05) is 6.92 Å². The van der Waals surface area contributed by atoms with Gasteiger partial charge in [-0.25, -0.2) is 0 Å². The van der Waals surface area contributed by atoms with Crippen molar-refractivity contribution in [1.29, 1.82) is 0 Å². The van der Waals surface area contributed by atoms with E-state index < -0.39 is 49.5 Å². The van der Waals surface area contributed by atoms with Crippen LogP contribution in [0.1, 0.15) is 142 Å². The van der Waals surface area contributed by atoms with Crippen molar-refractivity contribution in [2.75, 3.05) is 13.2 Å². The van der Waals surface area contributed by atoms with E-state index in [-0.39, 0.29) is 18.8 Å². The maximum Gasteiger partial charge on any atom is 0.187 e. The number of carbonyl (C=O) groups excluding carboxylic acids is 1. The van der Waals surface area contributed by atoms with Gasteiger partial charge in [0.2, 0.25) is 0 Å². The van der Waals surface area contributed by atoms with E-state index in [4.69, 9.17) is 20.9 Å². The number of hydrogen-bond acceptors (Lipinski definition) is 11. The van der Waals surface area contributed by atoms with E-state index in [1.54, 1.807) is 0 Å². The van der Waals surface area contributed by atoms with Crippen molar-refractivity contribution < 1.29 is 44.9 Å². The van der Waals surface area contributed by atoms with Gasteiger partial charge in [-0.1, -0.05) is 96.3 Å². The lowest BCUT2D eigenvalue weighted by Gasteiger charge is -2.41. The first-order chi connectivity index (χ1) is 21.6. The van der Waals surface area contributed by atoms with Crippen LogP contribution in [0.3, 0.4) is 0 Å². The fourth-order valence-electron chi connectivity index (χ4n) is 5.88. The summed E-state index contributed by atoms with van der Waals surface area (Å²) < 4.78 is 11.2. The van der Waals surface area contributed by atoms with E-state index in [2.05, 4.69) is 0 Å². The smallest absolute Gasteiger partial charge is 0.187 e. The van der Waals surface area contributed by atoms with Gasteiger partial charge in [-0.3, -0.25) is 4.79 Å². The molecular formula is C34H68N2O9. The molecule has 0 saturated carbocycles. The normalized spacial score (nSPS) is 24.8. The highest BCUT2D eigenvalue weighted by Crippen LogP contribution is 2.25. The summed E-state index contributed by atoms with van der Waals surface area (Å²) in [5.41, 5.74) is 11.7. The molecule has 0 spiro atoms. The van der Waals surface area contributed by atoms with Gasteiger partial charge in [0, 0.05) is 18.9 Å². The Labute approximate surface area is 272 Å². The predicted molar refractivity (Wildman–Crippen MR) is 175 cm³/mol. The topological polar surface area (TPSA) is 209 Å². The van der Waals surface area contributed by atoms with Gasteiger partial charge in [0.25, 0.3) is 0 Å². The molecule has 0 aromatic carbocycles. The third kappa shape index (κ3) is 19.0. The number of ketones is 1. The Morgan fingerprint density at radius 3 is 1.58 bits per heavy atom. The van der Waals surface area contributed by atoms with Crippen LogP contribution >= 0.6 is 0 Å². The molecule has 0 bridgehead atoms. The van der Waals surface area contributed by atoms with Crippen LogP contribution in [0.5, 0.6) is 0 Å². The van der Waals surface area contributed by atoms with Gasteiger partial charge in [0.1, 0.15) is 30.2 Å². The number of hydrogen-bond donors (Lipinski definition) is 8. The lowest BCUT2D eigenvalue weighted by atomic mass is 9.98. The summed E-state index contributed by atoms with van der Waals surface area (Å²) in [5.74, 6) is 0.351. The second-order valence-electron chi connectivity index (χ2n) is 13.3. The van der Waals surface area contributed by atoms with Crippen LogP contribution < -0.4 is 11.5 Å². The van der Waals surface area contributed by atoms with Gasteiger partial charge >= 0.3 is 0 Å². The van der Waals surface area contributed by atoms with Crippen LogP contribution in [0.2, 0.25) is 0 Å². The molecule has 0 aliphatic carbocycles. The van der Waals surface area contributed by atoms with Crippen molar-refractivity contribution in [1.82, 2.24) is 0 Å². The van der Waals surface area contributed by atoms with Gasteiger partial charge in [0.15, 0.2) is 6.29 Å². The molecule has 1 aliphatic heterocycles. The minimum Gasteiger partial charge on any atom is -0.395 e. The third-order valence-corrected chi connectivity index (χ3v) is 9.10. The molecule has 0 amide bonds. The Hall–Kier alpha value is -0.730. The summed E-state index contributed by atoms with van der Waals surface area (Å²) in [5, 5.41) is 58.8. The minimum atomic E-state index is -1.53. The predicted octanol–water partition coefficient (Wildman–Crippen LogP) is 2.96. The molecule has 10 N–H and O–H groups in total. The zero-order valence-electron chi connectivity index (χ0n) is 28.0. The Morgan fingerprint density at radius 2 is 1.13 bits per heavy atom. The molecule has 268 valence electrons. The van der Waals surface area contributed by atoms with Crippen LogP contribution in [0.15, 0.2) is 0 Å². The van der Waals surface area contributed by atoms with Crippen molar-refractivity contribution in [3.05, 3.63) is 0 Å². The van der Waals surface area contributed by atoms with Crippen molar-refractivity contribution in [3.63, 3.8) is 0 Å². The summed E-state index contributed by atoms with van der Waals surface area (Å²) >= 11 is 0. The fourth-order valence-corrected chi connectivity index (χ4v) is 5.88. The molecule has 1 aliphatic rings. The lowest BCUT2D eigenvalue weighted by Crippen LogP contribution is -2.60. The summed E-state index contributed by atoms with van der Waals surface area (Å²) in [4.78, 5) is 12.2. The minimum absolute atomic E-state index is 0.132. The number of Topliss-reactive ketones (excluding diaryl/α,β-unsaturated/α-hetero) is 1. The maximum atomic E-state index is 12.2. The van der Waals surface area contributed by atoms with Crippen molar-refractivity contribution >= 4 is 5.78 Å². The molecular weight excluding hydrogens is 580 g/mol. The lowest BCUT2D eigenvalue weighted by molar-refractivity contribution is -0.313. The first-order valence-electron chi connectivity index (χ1n) is 17.9. The van der Waals surface area contributed by atoms with Gasteiger partial charge < -0.3 is 51.6 Å². The highest BCUT2D eigenvalue weighted by atomic mass is 16.7. The van der Waals surface area contributed by atoms with E-state index in [1.165, 1.54) is 57.8 Å². The van der Waals surface area contributed by atoms with E-state index >= 15 is 0 Å². The van der Waals surface area contributed by atoms with Crippen LogP contribution in [0.25, 0.3) is 0 Å². The van der Waals surface area contributed by atoms with Crippen LogP contribution in [-0.4, -0.2) is 105 Å². The van der Waals surface area contributed by atoms with E-state index in [9.17, 15) is 35.4 Å². The molecule has 11 nitrogen and oxygen atoms in total. The summed E-state index contributed by atoms with van der Waals surface area (Å²) in [6, 6.07) is -0.846. The van der Waals surface area contributed by atoms with Crippen LogP contribution in [-0.2, 0) is 14.3 Å². The van der Waals surface area contributed by atoms with Gasteiger partial charge in [0.05, 0.1) is 31.5 Å². The summed E-state index contributed by atoms with van der Waals surface area (Å²) in [6.07, 6.45) is 13.8. The highest BCUT2D eigenvalue weighted by Gasteiger charge is 2.45. The Kier molecular flexibility index (Phi) is 24.7. The number of carbonyl (C=O) groups is 1. The van der Waals surface area contributed by atoms with E-state index in [0.29, 0.717) is 25.0 Å². The molecule has 0 aromatic rings. The summed E-state index contributed by atoms with van der Waals surface area (Å²) in [7, 11) is 0. The first-order valence-corrected chi connectivity index (χ1v) is 17.9. The Morgan fingerprint density at radius 1 is 0.689 bits per heavy atom. The monoisotopic (exact) mass is 648 g/mol. The Bertz CT molecular complexity index is 715. The molecule has 9 unspecified atom stereocenters. The standard InChI is InChI=1S/C34H68N2O9/c1-25(35)28(40)21-17-13-9-7-5-3-2-4-6-8-11-15-19-26(39)20-16-12-10-14-18-22-29(27(36)23-37)44-34-33(43)32(42)31(41)30(24-38)45-34/h25,27-34,37-38,40-43H,2-24,35-36H2,1H3. The third-order valence-electron chi connectivity index (χ3n) is 9.10. The van der Waals surface area contributed by atoms with Gasteiger partial charge in [-0.15, -0.1) is 0 Å². The van der Waals surface area contributed by atoms with Crippen LogP contribution in [0.4, 0.5) is 0 Å². The molecule has 1 heterocycles. The molecule has 45 heavy (non-hydrogen) atoms. The second-order valence-corrected chi connectivity index (χ2v) is 13.3. The zero-order valence-corrected chi connectivity index (χ0v) is 28.0. The van der Waals surface area contributed by atoms with Crippen molar-refractivity contribution in [2.45, 2.75) is 197 Å². The van der Waals surface area contributed by atoms with Crippen molar-refractivity contribution in [2.24, 2.45) is 11.5 Å². The highest BCUT2D eigenvalue weighted by molar-refractivity contribution is 5.78. The average molecular weight is 649 g/mol. The molecule has 11 heteroatoms. The van der Waals surface area contributed by atoms with Gasteiger partial charge in [-0.05, 0) is 32.6 Å². The second kappa shape index (κ2) is 26.3. The molecule has 0 radical (unpaired) electrons. The zero-order chi connectivity index (χ0) is 33.5. The number of aliphatic hydroxyl groups is 6. The number of nitrogens with two attached hydrogens (primary N) is 2. The van der Waals surface area contributed by atoms with E-state index in [0.717, 1.165) is 57.8 Å². The molecule has 1 rings (SSSR count). The molecule has 1 saturated heterocycles.